The van der Waals surface area contributed by atoms with Crippen LogP contribution in [-0.2, 0) is 0 Å². The second kappa shape index (κ2) is 8.05. The molecular weight excluding hydrogens is 465 g/mol. The van der Waals surface area contributed by atoms with Crippen molar-refractivity contribution in [3.8, 4) is 5.69 Å². The van der Waals surface area contributed by atoms with Gasteiger partial charge in [0.2, 0.25) is 5.95 Å². The van der Waals surface area contributed by atoms with Gasteiger partial charge in [-0.25, -0.2) is 9.97 Å². The van der Waals surface area contributed by atoms with Crippen molar-refractivity contribution >= 4 is 57.5 Å². The Hall–Kier alpha value is -3.63. The van der Waals surface area contributed by atoms with Crippen LogP contribution in [0.2, 0.25) is 10.0 Å². The average molecular weight is 484 g/mol. The van der Waals surface area contributed by atoms with Crippen LogP contribution in [0.4, 0.5) is 23.4 Å². The Morgan fingerprint density at radius 3 is 2.55 bits per heavy atom. The maximum absolute atomic E-state index is 13.7. The molecule has 0 radical (unpaired) electrons. The lowest BCUT2D eigenvalue weighted by Gasteiger charge is -2.23. The second-order valence-corrected chi connectivity index (χ2v) is 8.56. The molecule has 168 valence electrons. The molecule has 1 aromatic carbocycles. The number of nitrogens with two attached hydrogens (primary N) is 3. The summed E-state index contributed by atoms with van der Waals surface area (Å²) in [5, 5.41) is 4.05. The summed E-state index contributed by atoms with van der Waals surface area (Å²) in [6.45, 7) is 0. The molecule has 0 bridgehead atoms. The summed E-state index contributed by atoms with van der Waals surface area (Å²) in [5.74, 6) is 1.26. The van der Waals surface area contributed by atoms with Crippen molar-refractivity contribution in [2.45, 2.75) is 18.9 Å². The highest BCUT2D eigenvalue weighted by Gasteiger charge is 2.37. The van der Waals surface area contributed by atoms with Crippen LogP contribution in [0.5, 0.6) is 0 Å². The molecule has 5 rings (SSSR count). The van der Waals surface area contributed by atoms with Crippen LogP contribution >= 0.6 is 23.2 Å². The van der Waals surface area contributed by atoms with Crippen LogP contribution in [-0.4, -0.2) is 24.5 Å². The van der Waals surface area contributed by atoms with Crippen LogP contribution in [0.15, 0.2) is 41.3 Å². The van der Waals surface area contributed by atoms with E-state index in [0.717, 1.165) is 12.8 Å². The van der Waals surface area contributed by atoms with Crippen LogP contribution in [0.1, 0.15) is 24.7 Å². The number of rotatable bonds is 5. The van der Waals surface area contributed by atoms with Gasteiger partial charge in [0.05, 0.1) is 33.9 Å². The first kappa shape index (κ1) is 21.2. The van der Waals surface area contributed by atoms with Gasteiger partial charge in [0.25, 0.3) is 5.56 Å². The van der Waals surface area contributed by atoms with Crippen molar-refractivity contribution in [2.75, 3.05) is 22.5 Å². The van der Waals surface area contributed by atoms with Gasteiger partial charge in [0.15, 0.2) is 5.82 Å². The summed E-state index contributed by atoms with van der Waals surface area (Å²) in [5.41, 5.74) is 18.1. The maximum atomic E-state index is 13.7. The van der Waals surface area contributed by atoms with Crippen LogP contribution in [0, 0.1) is 5.92 Å². The number of pyridine rings is 1. The summed E-state index contributed by atoms with van der Waals surface area (Å²) in [7, 11) is 0. The predicted octanol–water partition coefficient (Wildman–Crippen LogP) is 3.19. The van der Waals surface area contributed by atoms with Crippen LogP contribution in [0.25, 0.3) is 16.6 Å². The Balaban J connectivity index is 1.75. The minimum Gasteiger partial charge on any atom is -0.384 e. The van der Waals surface area contributed by atoms with Gasteiger partial charge in [0.1, 0.15) is 22.5 Å². The fourth-order valence-electron chi connectivity index (χ4n) is 3.74. The van der Waals surface area contributed by atoms with E-state index in [1.807, 2.05) is 0 Å². The largest absolute Gasteiger partial charge is 0.384 e. The maximum Gasteiger partial charge on any atom is 0.267 e. The Morgan fingerprint density at radius 1 is 1.06 bits per heavy atom. The molecule has 3 heterocycles. The Labute approximate surface area is 197 Å². The number of nitrogens with zero attached hydrogens (tertiary/aromatic N) is 5. The van der Waals surface area contributed by atoms with Crippen LogP contribution in [0.3, 0.4) is 0 Å². The quantitative estimate of drug-likeness (QED) is 0.333. The molecule has 1 atom stereocenters. The average Bonchev–Trinajstić information content (AvgIpc) is 3.61. The van der Waals surface area contributed by atoms with Gasteiger partial charge in [0, 0.05) is 0 Å². The summed E-state index contributed by atoms with van der Waals surface area (Å²) in [6.07, 6.45) is 3.37. The third-order valence-electron chi connectivity index (χ3n) is 5.46. The van der Waals surface area contributed by atoms with Gasteiger partial charge >= 0.3 is 0 Å². The Morgan fingerprint density at radius 2 is 1.85 bits per heavy atom. The monoisotopic (exact) mass is 483 g/mol. The fraction of sp³-hybridized carbons (Fsp3) is 0.190. The fourth-order valence-corrected chi connectivity index (χ4v) is 4.13. The van der Waals surface area contributed by atoms with Crippen molar-refractivity contribution < 1.29 is 0 Å². The highest BCUT2D eigenvalue weighted by Crippen LogP contribution is 2.44. The molecule has 0 saturated heterocycles. The van der Waals surface area contributed by atoms with Crippen LogP contribution < -0.4 is 28.1 Å². The molecule has 3 aromatic heterocycles. The van der Waals surface area contributed by atoms with Gasteiger partial charge in [-0.15, -0.1) is 0 Å². The highest BCUT2D eigenvalue weighted by molar-refractivity contribution is 6.35. The zero-order chi connectivity index (χ0) is 23.3. The standard InChI is InChI=1S/C21H19Cl2N9O/c22-11-2-1-3-12-14(11)20(33)32(10-6-7-13(24)27-8-10)19(28-12)16(9-4-5-9)29-18-15(23)17(25)30-21(26)31-18/h1-3,6-9,16H,4-5H2,(H2,24,27)(H5,25,26,29,30,31). The number of benzene rings is 1. The first-order chi connectivity index (χ1) is 15.8. The van der Waals surface area contributed by atoms with E-state index in [9.17, 15) is 4.79 Å². The molecule has 7 N–H and O–H groups in total. The summed E-state index contributed by atoms with van der Waals surface area (Å²) < 4.78 is 1.48. The molecular formula is C21H19Cl2N9O. The molecule has 10 nitrogen and oxygen atoms in total. The van der Waals surface area contributed by atoms with Crippen molar-refractivity contribution in [1.29, 1.82) is 0 Å². The molecule has 1 aliphatic rings. The van der Waals surface area contributed by atoms with Crippen molar-refractivity contribution in [3.05, 3.63) is 62.8 Å². The second-order valence-electron chi connectivity index (χ2n) is 7.77. The van der Waals surface area contributed by atoms with Gasteiger partial charge in [-0.1, -0.05) is 29.3 Å². The molecule has 1 saturated carbocycles. The first-order valence-corrected chi connectivity index (χ1v) is 10.9. The number of hydrogen-bond acceptors (Lipinski definition) is 9. The predicted molar refractivity (Wildman–Crippen MR) is 130 cm³/mol. The van der Waals surface area contributed by atoms with Crippen molar-refractivity contribution in [2.24, 2.45) is 5.92 Å². The number of fused-ring (bicyclic) bond motifs is 1. The van der Waals surface area contributed by atoms with Gasteiger partial charge in [-0.3, -0.25) is 9.36 Å². The van der Waals surface area contributed by atoms with Crippen molar-refractivity contribution in [1.82, 2.24) is 24.5 Å². The highest BCUT2D eigenvalue weighted by atomic mass is 35.5. The first-order valence-electron chi connectivity index (χ1n) is 10.1. The number of nitrogen functional groups attached to an aromatic ring is 3. The molecule has 0 aliphatic heterocycles. The minimum atomic E-state index is -0.426. The van der Waals surface area contributed by atoms with E-state index < -0.39 is 6.04 Å². The normalized spacial score (nSPS) is 14.4. The SMILES string of the molecule is Nc1ccc(-n2c(C(Nc3nc(N)nc(N)c3Cl)C3CC3)nc3cccc(Cl)c3c2=O)cn1. The molecule has 33 heavy (non-hydrogen) atoms. The lowest BCUT2D eigenvalue weighted by atomic mass is 10.1. The molecule has 12 heteroatoms. The number of halogens is 2. The van der Waals surface area contributed by atoms with Gasteiger partial charge < -0.3 is 22.5 Å². The Bertz CT molecular complexity index is 1430. The molecule has 4 aromatic rings. The molecule has 1 unspecified atom stereocenters. The number of nitrogens with one attached hydrogen (secondary N) is 1. The molecule has 0 spiro atoms. The van der Waals surface area contributed by atoms with E-state index in [1.54, 1.807) is 30.3 Å². The number of anilines is 4. The zero-order valence-electron chi connectivity index (χ0n) is 17.2. The van der Waals surface area contributed by atoms with Crippen molar-refractivity contribution in [3.63, 3.8) is 0 Å². The summed E-state index contributed by atoms with van der Waals surface area (Å²) in [4.78, 5) is 30.7. The minimum absolute atomic E-state index is 0.0210. The molecule has 1 fully saturated rings. The van der Waals surface area contributed by atoms with E-state index in [-0.39, 0.29) is 34.1 Å². The summed E-state index contributed by atoms with van der Waals surface area (Å²) >= 11 is 12.7. The van der Waals surface area contributed by atoms with Gasteiger partial charge in [-0.2, -0.15) is 9.97 Å². The third-order valence-corrected chi connectivity index (χ3v) is 6.15. The van der Waals surface area contributed by atoms with E-state index in [0.29, 0.717) is 33.3 Å². The van der Waals surface area contributed by atoms with E-state index in [1.165, 1.54) is 10.8 Å². The van der Waals surface area contributed by atoms with E-state index in [2.05, 4.69) is 20.3 Å². The van der Waals surface area contributed by atoms with E-state index >= 15 is 0 Å². The lowest BCUT2D eigenvalue weighted by molar-refractivity contribution is 0.609. The molecule has 1 aliphatic carbocycles. The smallest absolute Gasteiger partial charge is 0.267 e. The zero-order valence-corrected chi connectivity index (χ0v) is 18.7. The van der Waals surface area contributed by atoms with E-state index in [4.69, 9.17) is 45.4 Å². The number of aromatic nitrogens is 5. The molecule has 0 amide bonds. The third kappa shape index (κ3) is 3.87. The number of hydrogen-bond donors (Lipinski definition) is 4. The Kier molecular flexibility index (Phi) is 5.18. The lowest BCUT2D eigenvalue weighted by Crippen LogP contribution is -2.29. The van der Waals surface area contributed by atoms with Gasteiger partial charge in [-0.05, 0) is 43.0 Å². The topological polar surface area (TPSA) is 164 Å². The summed E-state index contributed by atoms with van der Waals surface area (Å²) in [6, 6.07) is 8.04.